The maximum atomic E-state index is 6.38. The zero-order valence-corrected chi connectivity index (χ0v) is 13.2. The van der Waals surface area contributed by atoms with Gasteiger partial charge in [-0.15, -0.1) is 0 Å². The fourth-order valence-electron chi connectivity index (χ4n) is 2.81. The number of rotatable bonds is 4. The Balaban J connectivity index is 1.85. The molecule has 0 fully saturated rings. The predicted octanol–water partition coefficient (Wildman–Crippen LogP) is 3.14. The molecule has 112 valence electrons. The maximum Gasteiger partial charge on any atom is 0.0847 e. The average Bonchev–Trinajstić information content (AvgIpc) is 3.05. The Bertz CT molecular complexity index is 666. The van der Waals surface area contributed by atoms with E-state index >= 15 is 0 Å². The Hall–Kier alpha value is -1.36. The van der Waals surface area contributed by atoms with Gasteiger partial charge in [0.15, 0.2) is 0 Å². The Morgan fingerprint density at radius 3 is 2.90 bits per heavy atom. The Morgan fingerprint density at radius 1 is 1.38 bits per heavy atom. The van der Waals surface area contributed by atoms with Gasteiger partial charge in [-0.1, -0.05) is 29.8 Å². The molecule has 4 nitrogen and oxygen atoms in total. The SMILES string of the molecule is CCn1nc(C)c(Cl)c1CC(N)c1ccc2c(c1)COC2. The van der Waals surface area contributed by atoms with Crippen LogP contribution in [-0.4, -0.2) is 9.78 Å². The van der Waals surface area contributed by atoms with Gasteiger partial charge in [0.1, 0.15) is 0 Å². The standard InChI is InChI=1S/C16H20ClN3O/c1-3-20-15(16(17)10(2)19-20)7-14(18)11-4-5-12-8-21-9-13(12)6-11/h4-6,14H,3,7-9,18H2,1-2H3. The topological polar surface area (TPSA) is 53.1 Å². The van der Waals surface area contributed by atoms with E-state index in [1.165, 1.54) is 11.1 Å². The van der Waals surface area contributed by atoms with Gasteiger partial charge >= 0.3 is 0 Å². The summed E-state index contributed by atoms with van der Waals surface area (Å²) < 4.78 is 7.39. The van der Waals surface area contributed by atoms with E-state index in [1.54, 1.807) is 0 Å². The number of halogens is 1. The lowest BCUT2D eigenvalue weighted by Gasteiger charge is -2.14. The van der Waals surface area contributed by atoms with E-state index in [4.69, 9.17) is 22.1 Å². The lowest BCUT2D eigenvalue weighted by molar-refractivity contribution is 0.134. The van der Waals surface area contributed by atoms with E-state index in [-0.39, 0.29) is 6.04 Å². The first-order chi connectivity index (χ1) is 10.1. The molecule has 0 saturated carbocycles. The van der Waals surface area contributed by atoms with Crippen LogP contribution >= 0.6 is 11.6 Å². The van der Waals surface area contributed by atoms with Gasteiger partial charge in [-0.3, -0.25) is 4.68 Å². The van der Waals surface area contributed by atoms with Crippen molar-refractivity contribution in [1.29, 1.82) is 0 Å². The second-order valence-corrected chi connectivity index (χ2v) is 5.87. The van der Waals surface area contributed by atoms with E-state index in [1.807, 2.05) is 11.6 Å². The molecule has 1 atom stereocenters. The lowest BCUT2D eigenvalue weighted by Crippen LogP contribution is -2.16. The highest BCUT2D eigenvalue weighted by Gasteiger charge is 2.18. The Kier molecular flexibility index (Phi) is 4.02. The van der Waals surface area contributed by atoms with Crippen molar-refractivity contribution in [1.82, 2.24) is 9.78 Å². The highest BCUT2D eigenvalue weighted by Crippen LogP contribution is 2.27. The van der Waals surface area contributed by atoms with Gasteiger partial charge in [0, 0.05) is 19.0 Å². The number of ether oxygens (including phenoxy) is 1. The summed E-state index contributed by atoms with van der Waals surface area (Å²) in [6, 6.07) is 6.27. The van der Waals surface area contributed by atoms with Gasteiger partial charge in [0.05, 0.1) is 29.6 Å². The van der Waals surface area contributed by atoms with Crippen molar-refractivity contribution in [2.24, 2.45) is 5.73 Å². The monoisotopic (exact) mass is 305 g/mol. The molecule has 5 heteroatoms. The quantitative estimate of drug-likeness (QED) is 0.944. The van der Waals surface area contributed by atoms with Crippen LogP contribution in [0.1, 0.15) is 41.0 Å². The molecule has 2 heterocycles. The summed E-state index contributed by atoms with van der Waals surface area (Å²) in [6.07, 6.45) is 0.688. The van der Waals surface area contributed by atoms with Crippen molar-refractivity contribution in [2.75, 3.05) is 0 Å². The van der Waals surface area contributed by atoms with Crippen LogP contribution in [0.15, 0.2) is 18.2 Å². The van der Waals surface area contributed by atoms with Gasteiger partial charge in [-0.2, -0.15) is 5.10 Å². The zero-order chi connectivity index (χ0) is 15.0. The van der Waals surface area contributed by atoms with Crippen molar-refractivity contribution in [3.05, 3.63) is 51.3 Å². The molecular weight excluding hydrogens is 286 g/mol. The number of hydrogen-bond acceptors (Lipinski definition) is 3. The normalized spacial score (nSPS) is 15.2. The second-order valence-electron chi connectivity index (χ2n) is 5.49. The van der Waals surface area contributed by atoms with Crippen molar-refractivity contribution >= 4 is 11.6 Å². The first-order valence-corrected chi connectivity index (χ1v) is 7.64. The van der Waals surface area contributed by atoms with Crippen LogP contribution in [0.4, 0.5) is 0 Å². The third-order valence-corrected chi connectivity index (χ3v) is 4.53. The molecule has 1 aromatic heterocycles. The van der Waals surface area contributed by atoms with Gasteiger partial charge in [0.25, 0.3) is 0 Å². The molecule has 0 aliphatic carbocycles. The number of benzene rings is 1. The molecule has 1 aliphatic rings. The number of nitrogens with two attached hydrogens (primary N) is 1. The molecule has 0 bridgehead atoms. The number of aromatic nitrogens is 2. The molecule has 0 amide bonds. The molecule has 21 heavy (non-hydrogen) atoms. The fraction of sp³-hybridized carbons (Fsp3) is 0.438. The highest BCUT2D eigenvalue weighted by molar-refractivity contribution is 6.31. The van der Waals surface area contributed by atoms with Gasteiger partial charge < -0.3 is 10.5 Å². The van der Waals surface area contributed by atoms with Crippen LogP contribution < -0.4 is 5.73 Å². The Morgan fingerprint density at radius 2 is 2.14 bits per heavy atom. The predicted molar refractivity (Wildman–Crippen MR) is 83.2 cm³/mol. The van der Waals surface area contributed by atoms with E-state index in [2.05, 4.69) is 30.2 Å². The van der Waals surface area contributed by atoms with E-state index in [0.29, 0.717) is 19.6 Å². The zero-order valence-electron chi connectivity index (χ0n) is 12.4. The highest BCUT2D eigenvalue weighted by atomic mass is 35.5. The maximum absolute atomic E-state index is 6.38. The smallest absolute Gasteiger partial charge is 0.0847 e. The molecule has 1 aromatic carbocycles. The van der Waals surface area contributed by atoms with Crippen molar-refractivity contribution < 1.29 is 4.74 Å². The number of fused-ring (bicyclic) bond motifs is 1. The molecular formula is C16H20ClN3O. The summed E-state index contributed by atoms with van der Waals surface area (Å²) in [4.78, 5) is 0. The summed E-state index contributed by atoms with van der Waals surface area (Å²) in [5.74, 6) is 0. The molecule has 3 rings (SSSR count). The van der Waals surface area contributed by atoms with Gasteiger partial charge in [0.2, 0.25) is 0 Å². The van der Waals surface area contributed by atoms with Crippen LogP contribution in [0.2, 0.25) is 5.02 Å². The Labute approximate surface area is 129 Å². The number of nitrogens with zero attached hydrogens (tertiary/aromatic N) is 2. The summed E-state index contributed by atoms with van der Waals surface area (Å²) in [6.45, 7) is 6.18. The summed E-state index contributed by atoms with van der Waals surface area (Å²) in [5, 5.41) is 5.18. The van der Waals surface area contributed by atoms with Crippen LogP contribution in [0.3, 0.4) is 0 Å². The van der Waals surface area contributed by atoms with E-state index in [9.17, 15) is 0 Å². The molecule has 0 saturated heterocycles. The lowest BCUT2D eigenvalue weighted by atomic mass is 9.98. The average molecular weight is 306 g/mol. The number of aryl methyl sites for hydroxylation is 2. The first kappa shape index (κ1) is 14.6. The minimum atomic E-state index is -0.0881. The van der Waals surface area contributed by atoms with Crippen molar-refractivity contribution in [3.8, 4) is 0 Å². The van der Waals surface area contributed by atoms with E-state index < -0.39 is 0 Å². The van der Waals surface area contributed by atoms with Crippen molar-refractivity contribution in [3.63, 3.8) is 0 Å². The molecule has 1 aliphatic heterocycles. The minimum Gasteiger partial charge on any atom is -0.372 e. The van der Waals surface area contributed by atoms with Gasteiger partial charge in [-0.05, 0) is 30.5 Å². The molecule has 2 N–H and O–H groups in total. The number of hydrogen-bond donors (Lipinski definition) is 1. The van der Waals surface area contributed by atoms with E-state index in [0.717, 1.165) is 28.5 Å². The van der Waals surface area contributed by atoms with Crippen LogP contribution in [-0.2, 0) is 30.9 Å². The van der Waals surface area contributed by atoms with Crippen LogP contribution in [0.5, 0.6) is 0 Å². The summed E-state index contributed by atoms with van der Waals surface area (Å²) in [7, 11) is 0. The first-order valence-electron chi connectivity index (χ1n) is 7.27. The summed E-state index contributed by atoms with van der Waals surface area (Å²) >= 11 is 6.36. The second kappa shape index (κ2) is 5.79. The van der Waals surface area contributed by atoms with Crippen LogP contribution in [0, 0.1) is 6.92 Å². The van der Waals surface area contributed by atoms with Crippen molar-refractivity contribution in [2.45, 2.75) is 46.1 Å². The van der Waals surface area contributed by atoms with Gasteiger partial charge in [-0.25, -0.2) is 0 Å². The van der Waals surface area contributed by atoms with Crippen LogP contribution in [0.25, 0.3) is 0 Å². The molecule has 0 radical (unpaired) electrons. The largest absolute Gasteiger partial charge is 0.372 e. The third kappa shape index (κ3) is 2.71. The summed E-state index contributed by atoms with van der Waals surface area (Å²) in [5.41, 5.74) is 11.9. The fourth-order valence-corrected chi connectivity index (χ4v) is 3.03. The molecule has 1 unspecified atom stereocenters. The molecule has 2 aromatic rings. The molecule has 0 spiro atoms. The minimum absolute atomic E-state index is 0.0881. The third-order valence-electron chi connectivity index (χ3n) is 4.04.